The number of carbonyl (C=O) groups is 1. The Balaban J connectivity index is 1.35. The van der Waals surface area contributed by atoms with Crippen LogP contribution in [0.1, 0.15) is 32.6 Å². The second kappa shape index (κ2) is 8.73. The molecule has 0 fully saturated rings. The molecule has 36 heavy (non-hydrogen) atoms. The largest absolute Gasteiger partial charge is 0.497 e. The van der Waals surface area contributed by atoms with Crippen LogP contribution >= 0.6 is 11.6 Å². The summed E-state index contributed by atoms with van der Waals surface area (Å²) in [6, 6.07) is 15.7. The maximum absolute atomic E-state index is 13.5. The van der Waals surface area contributed by atoms with E-state index >= 15 is 0 Å². The zero-order valence-corrected chi connectivity index (χ0v) is 21.1. The van der Waals surface area contributed by atoms with Gasteiger partial charge in [0.2, 0.25) is 5.78 Å². The first kappa shape index (κ1) is 22.7. The Morgan fingerprint density at radius 2 is 1.94 bits per heavy atom. The number of halogens is 1. The van der Waals surface area contributed by atoms with E-state index in [0.717, 1.165) is 44.7 Å². The highest BCUT2D eigenvalue weighted by Gasteiger charge is 2.35. The Hall–Kier alpha value is -3.74. The van der Waals surface area contributed by atoms with Crippen molar-refractivity contribution in [3.63, 3.8) is 0 Å². The molecule has 0 saturated heterocycles. The number of hydrogen-bond acceptors (Lipinski definition) is 5. The van der Waals surface area contributed by atoms with Crippen molar-refractivity contribution in [1.29, 1.82) is 0 Å². The average molecular weight is 501 g/mol. The van der Waals surface area contributed by atoms with Gasteiger partial charge in [0.15, 0.2) is 5.76 Å². The fourth-order valence-electron chi connectivity index (χ4n) is 5.01. The van der Waals surface area contributed by atoms with Crippen molar-refractivity contribution < 1.29 is 19.0 Å². The number of aryl methyl sites for hydroxylation is 2. The molecule has 0 aliphatic carbocycles. The minimum atomic E-state index is -0.111. The number of hydrogen-bond donors (Lipinski definition) is 0. The van der Waals surface area contributed by atoms with Crippen molar-refractivity contribution in [3.8, 4) is 17.2 Å². The van der Waals surface area contributed by atoms with Gasteiger partial charge in [-0.15, -0.1) is 0 Å². The van der Waals surface area contributed by atoms with Crippen LogP contribution in [0.5, 0.6) is 17.2 Å². The van der Waals surface area contributed by atoms with Crippen LogP contribution in [0.25, 0.3) is 17.0 Å². The Bertz CT molecular complexity index is 1550. The summed E-state index contributed by atoms with van der Waals surface area (Å²) in [5, 5.41) is 1.70. The highest BCUT2D eigenvalue weighted by Crippen LogP contribution is 2.44. The summed E-state index contributed by atoms with van der Waals surface area (Å²) in [4.78, 5) is 15.7. The molecule has 0 N–H and O–H groups in total. The Kier molecular flexibility index (Phi) is 5.51. The molecule has 6 nitrogen and oxygen atoms in total. The van der Waals surface area contributed by atoms with Gasteiger partial charge in [0.25, 0.3) is 0 Å². The minimum absolute atomic E-state index is 0.111. The van der Waals surface area contributed by atoms with Gasteiger partial charge in [0.1, 0.15) is 24.0 Å². The fraction of sp³-hybridized carbons (Fsp3) is 0.207. The van der Waals surface area contributed by atoms with Crippen LogP contribution in [-0.4, -0.2) is 29.1 Å². The fourth-order valence-corrected chi connectivity index (χ4v) is 5.14. The average Bonchev–Trinajstić information content (AvgIpc) is 3.37. The lowest BCUT2D eigenvalue weighted by atomic mass is 9.98. The summed E-state index contributed by atoms with van der Waals surface area (Å²) in [5.41, 5.74) is 5.43. The third-order valence-electron chi connectivity index (χ3n) is 6.82. The van der Waals surface area contributed by atoms with E-state index in [1.807, 2.05) is 79.3 Å². The topological polar surface area (TPSA) is 52.9 Å². The van der Waals surface area contributed by atoms with Crippen molar-refractivity contribution in [1.82, 2.24) is 9.47 Å². The number of allylic oxidation sites excluding steroid dienone is 1. The predicted octanol–water partition coefficient (Wildman–Crippen LogP) is 6.12. The third kappa shape index (κ3) is 3.83. The van der Waals surface area contributed by atoms with E-state index in [2.05, 4.69) is 4.90 Å². The van der Waals surface area contributed by atoms with Crippen molar-refractivity contribution in [2.45, 2.75) is 20.0 Å². The SMILES string of the molecule is COc1ccc2c(c1)c(/C=C1\Oc3c4c(cc(C)c3C1=O)OCN(Cc1ccc(Cl)cc1)C4)cn2C. The maximum Gasteiger partial charge on any atom is 0.232 e. The van der Waals surface area contributed by atoms with E-state index in [4.69, 9.17) is 25.8 Å². The number of Topliss-reactive ketones (excluding diaryl/α,β-unsaturated/α-hetero) is 1. The summed E-state index contributed by atoms with van der Waals surface area (Å²) in [7, 11) is 3.63. The molecule has 182 valence electrons. The minimum Gasteiger partial charge on any atom is -0.497 e. The van der Waals surface area contributed by atoms with E-state index in [1.54, 1.807) is 7.11 Å². The van der Waals surface area contributed by atoms with Crippen LogP contribution < -0.4 is 14.2 Å². The number of fused-ring (bicyclic) bond motifs is 4. The summed E-state index contributed by atoms with van der Waals surface area (Å²) in [5.74, 6) is 2.33. The zero-order valence-electron chi connectivity index (χ0n) is 20.3. The van der Waals surface area contributed by atoms with Gasteiger partial charge >= 0.3 is 0 Å². The van der Waals surface area contributed by atoms with E-state index in [0.29, 0.717) is 41.9 Å². The molecule has 6 rings (SSSR count). The first-order chi connectivity index (χ1) is 17.4. The molecule has 0 radical (unpaired) electrons. The van der Waals surface area contributed by atoms with Crippen molar-refractivity contribution in [2.75, 3.05) is 13.8 Å². The van der Waals surface area contributed by atoms with Gasteiger partial charge in [-0.1, -0.05) is 23.7 Å². The van der Waals surface area contributed by atoms with Crippen LogP contribution in [0, 0.1) is 6.92 Å². The standard InChI is InChI=1S/C29H25ClN2O4/c1-17-10-25-23(15-32(16-35-25)13-18-4-6-20(30)7-5-18)29-27(17)28(33)26(36-29)11-19-14-31(2)24-9-8-21(34-3)12-22(19)24/h4-12,14H,13,15-16H2,1-3H3/b26-11-. The number of ether oxygens (including phenoxy) is 3. The van der Waals surface area contributed by atoms with Gasteiger partial charge in [-0.2, -0.15) is 0 Å². The van der Waals surface area contributed by atoms with Crippen LogP contribution in [-0.2, 0) is 20.1 Å². The number of ketones is 1. The molecule has 4 aromatic rings. The van der Waals surface area contributed by atoms with Gasteiger partial charge in [-0.3, -0.25) is 9.69 Å². The molecule has 0 spiro atoms. The first-order valence-electron chi connectivity index (χ1n) is 11.7. The summed E-state index contributed by atoms with van der Waals surface area (Å²) in [6.07, 6.45) is 3.82. The van der Waals surface area contributed by atoms with Crippen molar-refractivity contribution >= 4 is 34.4 Å². The monoisotopic (exact) mass is 500 g/mol. The van der Waals surface area contributed by atoms with Crippen LogP contribution in [0.15, 0.2) is 60.5 Å². The molecule has 7 heteroatoms. The second-order valence-electron chi connectivity index (χ2n) is 9.28. The zero-order chi connectivity index (χ0) is 25.0. The quantitative estimate of drug-likeness (QED) is 0.316. The number of aromatic nitrogens is 1. The molecule has 0 amide bonds. The molecule has 2 aliphatic rings. The number of carbonyl (C=O) groups excluding carboxylic acids is 1. The highest BCUT2D eigenvalue weighted by atomic mass is 35.5. The van der Waals surface area contributed by atoms with Crippen molar-refractivity contribution in [3.05, 3.63) is 93.3 Å². The molecule has 0 bridgehead atoms. The molecule has 0 saturated carbocycles. The molecular formula is C29H25ClN2O4. The lowest BCUT2D eigenvalue weighted by Gasteiger charge is -2.30. The smallest absolute Gasteiger partial charge is 0.232 e. The third-order valence-corrected chi connectivity index (χ3v) is 7.07. The number of benzene rings is 3. The lowest BCUT2D eigenvalue weighted by molar-refractivity contribution is 0.0872. The van der Waals surface area contributed by atoms with E-state index < -0.39 is 0 Å². The second-order valence-corrected chi connectivity index (χ2v) is 9.72. The molecular weight excluding hydrogens is 476 g/mol. The van der Waals surface area contributed by atoms with Crippen LogP contribution in [0.2, 0.25) is 5.02 Å². The number of rotatable bonds is 4. The molecule has 1 aromatic heterocycles. The molecule has 0 unspecified atom stereocenters. The molecule has 3 heterocycles. The van der Waals surface area contributed by atoms with Crippen LogP contribution in [0.4, 0.5) is 0 Å². The predicted molar refractivity (Wildman–Crippen MR) is 140 cm³/mol. The van der Waals surface area contributed by atoms with E-state index in [1.165, 1.54) is 0 Å². The summed E-state index contributed by atoms with van der Waals surface area (Å²) < 4.78 is 19.8. The molecule has 2 aliphatic heterocycles. The van der Waals surface area contributed by atoms with Gasteiger partial charge < -0.3 is 18.8 Å². The van der Waals surface area contributed by atoms with Gasteiger partial charge in [0.05, 0.1) is 18.2 Å². The van der Waals surface area contributed by atoms with Gasteiger partial charge in [-0.05, 0) is 60.5 Å². The molecule has 3 aromatic carbocycles. The van der Waals surface area contributed by atoms with Crippen LogP contribution in [0.3, 0.4) is 0 Å². The Morgan fingerprint density at radius 1 is 1.14 bits per heavy atom. The first-order valence-corrected chi connectivity index (χ1v) is 12.1. The van der Waals surface area contributed by atoms with E-state index in [9.17, 15) is 4.79 Å². The highest BCUT2D eigenvalue weighted by molar-refractivity contribution is 6.30. The summed E-state index contributed by atoms with van der Waals surface area (Å²) >= 11 is 6.03. The maximum atomic E-state index is 13.5. The Labute approximate surface area is 214 Å². The van der Waals surface area contributed by atoms with Gasteiger partial charge in [0, 0.05) is 47.8 Å². The summed E-state index contributed by atoms with van der Waals surface area (Å²) in [6.45, 7) is 3.71. The van der Waals surface area contributed by atoms with E-state index in [-0.39, 0.29) is 5.78 Å². The molecule has 0 atom stereocenters. The number of nitrogens with zero attached hydrogens (tertiary/aromatic N) is 2. The number of methoxy groups -OCH3 is 1. The normalized spacial score (nSPS) is 16.1. The Morgan fingerprint density at radius 3 is 2.72 bits per heavy atom. The van der Waals surface area contributed by atoms with Gasteiger partial charge in [-0.25, -0.2) is 0 Å². The lowest BCUT2D eigenvalue weighted by Crippen LogP contribution is -2.31. The van der Waals surface area contributed by atoms with Crippen molar-refractivity contribution in [2.24, 2.45) is 7.05 Å².